The van der Waals surface area contributed by atoms with Crippen LogP contribution in [-0.4, -0.2) is 21.2 Å². The van der Waals surface area contributed by atoms with Gasteiger partial charge in [-0.3, -0.25) is 0 Å². The fraction of sp³-hybridized carbons (Fsp3) is 0.167. The maximum Gasteiger partial charge on any atom is 0.111 e. The molecule has 0 bridgehead atoms. The molecule has 0 aromatic carbocycles. The maximum absolute atomic E-state index is 9.05. The van der Waals surface area contributed by atoms with E-state index in [2.05, 4.69) is 6.58 Å². The molecule has 0 amide bonds. The highest BCUT2D eigenvalue weighted by atomic mass is 28.2. The molecule has 2 rings (SSSR count). The topological polar surface area (TPSA) is 46.5 Å². The highest BCUT2D eigenvalue weighted by Gasteiger charge is 2.20. The first-order valence-corrected chi connectivity index (χ1v) is 6.68. The van der Waals surface area contributed by atoms with Crippen LogP contribution < -0.4 is 0 Å². The molecule has 1 N–H and O–H groups in total. The third kappa shape index (κ3) is 2.34. The van der Waals surface area contributed by atoms with Crippen LogP contribution in [0.2, 0.25) is 0 Å². The minimum Gasteiger partial charge on any atom is -0.469 e. The highest BCUT2D eigenvalue weighted by Crippen LogP contribution is 2.25. The van der Waals surface area contributed by atoms with Gasteiger partial charge in [-0.15, -0.1) is 6.58 Å². The Hall–Kier alpha value is -1.52. The zero-order chi connectivity index (χ0) is 11.4. The van der Waals surface area contributed by atoms with Gasteiger partial charge in [0.2, 0.25) is 0 Å². The summed E-state index contributed by atoms with van der Waals surface area (Å²) in [5.74, 6) is 1.77. The third-order valence-electron chi connectivity index (χ3n) is 2.49. The van der Waals surface area contributed by atoms with Gasteiger partial charge in [0, 0.05) is 0 Å². The Balaban J connectivity index is 2.24. The van der Waals surface area contributed by atoms with Crippen LogP contribution in [0.25, 0.3) is 0 Å². The van der Waals surface area contributed by atoms with E-state index in [0.29, 0.717) is 0 Å². The molecule has 0 saturated carbocycles. The van der Waals surface area contributed by atoms with Crippen molar-refractivity contribution >= 4 is 9.52 Å². The van der Waals surface area contributed by atoms with Gasteiger partial charge >= 0.3 is 0 Å². The maximum atomic E-state index is 9.05. The van der Waals surface area contributed by atoms with Crippen molar-refractivity contribution in [3.05, 3.63) is 60.1 Å². The van der Waals surface area contributed by atoms with Crippen molar-refractivity contribution in [1.29, 1.82) is 0 Å². The summed E-state index contributed by atoms with van der Waals surface area (Å²) in [6, 6.07) is 7.60. The van der Waals surface area contributed by atoms with Gasteiger partial charge in [0.15, 0.2) is 0 Å². The van der Waals surface area contributed by atoms with Gasteiger partial charge in [0.25, 0.3) is 0 Å². The predicted molar refractivity (Wildman–Crippen MR) is 64.0 cm³/mol. The molecule has 16 heavy (non-hydrogen) atoms. The van der Waals surface area contributed by atoms with Crippen molar-refractivity contribution in [2.45, 2.75) is 5.54 Å². The third-order valence-corrected chi connectivity index (χ3v) is 4.50. The number of aliphatic hydroxyl groups is 1. The fourth-order valence-electron chi connectivity index (χ4n) is 1.67. The molecule has 0 saturated heterocycles. The number of furan rings is 2. The SMILES string of the molecule is C=C(CO)[SiH2]C(c1ccco1)c1ccco1. The monoisotopic (exact) mass is 234 g/mol. The molecule has 3 nitrogen and oxygen atoms in total. The summed E-state index contributed by atoms with van der Waals surface area (Å²) < 4.78 is 10.8. The van der Waals surface area contributed by atoms with E-state index in [1.165, 1.54) is 0 Å². The predicted octanol–water partition coefficient (Wildman–Crippen LogP) is 1.64. The quantitative estimate of drug-likeness (QED) is 0.800. The molecule has 4 heteroatoms. The lowest BCUT2D eigenvalue weighted by molar-refractivity contribution is 0.338. The Labute approximate surface area is 96.2 Å². The lowest BCUT2D eigenvalue weighted by atomic mass is 10.2. The Kier molecular flexibility index (Phi) is 3.43. The molecule has 0 aliphatic rings. The number of rotatable bonds is 5. The van der Waals surface area contributed by atoms with Crippen molar-refractivity contribution in [3.8, 4) is 0 Å². The minimum absolute atomic E-state index is 0.0458. The van der Waals surface area contributed by atoms with Crippen LogP contribution in [0.15, 0.2) is 57.4 Å². The normalized spacial score (nSPS) is 11.6. The van der Waals surface area contributed by atoms with Crippen LogP contribution in [-0.2, 0) is 0 Å². The first-order chi connectivity index (χ1) is 7.81. The molecular weight excluding hydrogens is 220 g/mol. The van der Waals surface area contributed by atoms with Crippen LogP contribution in [0.3, 0.4) is 0 Å². The lowest BCUT2D eigenvalue weighted by Crippen LogP contribution is -2.12. The van der Waals surface area contributed by atoms with Crippen LogP contribution >= 0.6 is 0 Å². The lowest BCUT2D eigenvalue weighted by Gasteiger charge is -2.11. The van der Waals surface area contributed by atoms with Gasteiger partial charge < -0.3 is 13.9 Å². The van der Waals surface area contributed by atoms with E-state index in [1.807, 2.05) is 24.3 Å². The molecule has 0 aliphatic heterocycles. The first kappa shape index (κ1) is 11.0. The largest absolute Gasteiger partial charge is 0.469 e. The molecular formula is C12H14O3Si. The van der Waals surface area contributed by atoms with Gasteiger partial charge in [0.1, 0.15) is 11.5 Å². The summed E-state index contributed by atoms with van der Waals surface area (Å²) in [6.07, 6.45) is 3.31. The summed E-state index contributed by atoms with van der Waals surface area (Å²) in [5.41, 5.74) is 0.129. The Bertz CT molecular complexity index is 397. The Morgan fingerprint density at radius 3 is 2.19 bits per heavy atom. The second kappa shape index (κ2) is 5.00. The average Bonchev–Trinajstić information content (AvgIpc) is 2.97. The summed E-state index contributed by atoms with van der Waals surface area (Å²) in [4.78, 5) is 0. The van der Waals surface area contributed by atoms with Crippen molar-refractivity contribution in [1.82, 2.24) is 0 Å². The highest BCUT2D eigenvalue weighted by molar-refractivity contribution is 6.47. The summed E-state index contributed by atoms with van der Waals surface area (Å²) in [6.45, 7) is 3.91. The molecule has 0 unspecified atom stereocenters. The molecule has 0 aliphatic carbocycles. The molecule has 2 aromatic rings. The van der Waals surface area contributed by atoms with Crippen molar-refractivity contribution in [2.75, 3.05) is 6.61 Å². The zero-order valence-corrected chi connectivity index (χ0v) is 10.3. The molecule has 2 heterocycles. The van der Waals surface area contributed by atoms with E-state index in [1.54, 1.807) is 12.5 Å². The van der Waals surface area contributed by atoms with E-state index < -0.39 is 9.52 Å². The number of aliphatic hydroxyl groups excluding tert-OH is 1. The second-order valence-corrected chi connectivity index (χ2v) is 5.92. The molecule has 0 fully saturated rings. The fourth-order valence-corrected chi connectivity index (χ4v) is 3.25. The number of hydrogen-bond donors (Lipinski definition) is 1. The summed E-state index contributed by atoms with van der Waals surface area (Å²) >= 11 is 0. The molecule has 84 valence electrons. The van der Waals surface area contributed by atoms with Gasteiger partial charge in [-0.25, -0.2) is 0 Å². The smallest absolute Gasteiger partial charge is 0.111 e. The van der Waals surface area contributed by atoms with Crippen molar-refractivity contribution in [2.24, 2.45) is 0 Å². The van der Waals surface area contributed by atoms with E-state index >= 15 is 0 Å². The molecule has 0 atom stereocenters. The van der Waals surface area contributed by atoms with Gasteiger partial charge in [-0.05, 0) is 24.3 Å². The van der Waals surface area contributed by atoms with Crippen LogP contribution in [0.5, 0.6) is 0 Å². The van der Waals surface area contributed by atoms with E-state index in [0.717, 1.165) is 16.7 Å². The van der Waals surface area contributed by atoms with Gasteiger partial charge in [-0.2, -0.15) is 0 Å². The molecule has 0 spiro atoms. The van der Waals surface area contributed by atoms with Crippen molar-refractivity contribution in [3.63, 3.8) is 0 Å². The van der Waals surface area contributed by atoms with Crippen LogP contribution in [0, 0.1) is 0 Å². The van der Waals surface area contributed by atoms with E-state index in [4.69, 9.17) is 13.9 Å². The first-order valence-electron chi connectivity index (χ1n) is 5.15. The van der Waals surface area contributed by atoms with Crippen LogP contribution in [0.1, 0.15) is 17.1 Å². The molecule has 2 aromatic heterocycles. The van der Waals surface area contributed by atoms with E-state index in [9.17, 15) is 0 Å². The standard InChI is InChI=1S/C12H14O3Si/c1-9(8-13)16-12(10-4-2-6-14-10)11-5-3-7-15-11/h2-7,12-13H,1,8,16H2. The Morgan fingerprint density at radius 1 is 1.25 bits per heavy atom. The molecule has 0 radical (unpaired) electrons. The summed E-state index contributed by atoms with van der Waals surface area (Å²) in [7, 11) is -0.720. The van der Waals surface area contributed by atoms with Gasteiger partial charge in [0.05, 0.1) is 34.2 Å². The van der Waals surface area contributed by atoms with Crippen molar-refractivity contribution < 1.29 is 13.9 Å². The average molecular weight is 234 g/mol. The van der Waals surface area contributed by atoms with Gasteiger partial charge in [-0.1, -0.05) is 5.20 Å². The second-order valence-electron chi connectivity index (χ2n) is 3.70. The minimum atomic E-state index is -0.720. The summed E-state index contributed by atoms with van der Waals surface area (Å²) in [5, 5.41) is 9.95. The van der Waals surface area contributed by atoms with Crippen LogP contribution in [0.4, 0.5) is 0 Å². The van der Waals surface area contributed by atoms with E-state index in [-0.39, 0.29) is 12.1 Å². The zero-order valence-electron chi connectivity index (χ0n) is 8.93. The Morgan fingerprint density at radius 2 is 1.81 bits per heavy atom. The number of hydrogen-bond acceptors (Lipinski definition) is 3.